The number of ether oxygens (including phenoxy) is 1. The Balaban J connectivity index is 0.000000291. The Morgan fingerprint density at radius 2 is 1.30 bits per heavy atom. The Bertz CT molecular complexity index is 2130. The van der Waals surface area contributed by atoms with E-state index in [-0.39, 0.29) is 70.4 Å². The number of ketones is 3. The molecule has 5 N–H and O–H groups in total. The standard InChI is InChI=1S/C18H20F2N4O4.C15H15F2N5O4.Li.H2O/c1-4-28-16(27)14-10(2)11(7-24(14)3)15(26)12(25)5-17(8-18(19,20)9-17)13-6-21-23-22-13;1-7-8(4-22(2)10(7)13(25)26)11(23)12(24)19-14(5-15(16,17)6-14)9-3-18-21-20-9;;/h6-7H,4-5,8-9H2,1-3H3,(H,21,22,23);3-4H,5-6H2,1-2H3,(H,19,24)(H,25,26)(H,18,20,21);;1H2/q;;+1;/p-1. The average Bonchev–Trinajstić information content (AvgIpc) is 3.87. The van der Waals surface area contributed by atoms with Crippen LogP contribution in [0, 0.1) is 13.8 Å². The fourth-order valence-electron chi connectivity index (χ4n) is 7.08. The van der Waals surface area contributed by atoms with Gasteiger partial charge in [0.2, 0.25) is 17.5 Å². The molecular weight excluding hydrogens is 749 g/mol. The van der Waals surface area contributed by atoms with Crippen molar-refractivity contribution in [3.05, 3.63) is 69.8 Å². The number of nitrogens with one attached hydrogen (secondary N) is 3. The van der Waals surface area contributed by atoms with Gasteiger partial charge >= 0.3 is 30.8 Å². The molecular formula is C33H36F4LiN9O9. The van der Waals surface area contributed by atoms with Crippen molar-refractivity contribution >= 4 is 35.2 Å². The minimum atomic E-state index is -2.99. The van der Waals surface area contributed by atoms with Gasteiger partial charge in [0.15, 0.2) is 0 Å². The minimum Gasteiger partial charge on any atom is -0.870 e. The van der Waals surface area contributed by atoms with Gasteiger partial charge in [-0.25, -0.2) is 27.2 Å². The zero-order valence-corrected chi connectivity index (χ0v) is 31.0. The van der Waals surface area contributed by atoms with E-state index in [0.29, 0.717) is 5.56 Å². The number of hydrogen-bond donors (Lipinski definition) is 4. The number of aromatic amines is 2. The molecule has 0 spiro atoms. The number of nitrogens with zero attached hydrogens (tertiary/aromatic N) is 6. The third-order valence-corrected chi connectivity index (χ3v) is 9.52. The van der Waals surface area contributed by atoms with E-state index in [0.717, 1.165) is 0 Å². The first-order chi connectivity index (χ1) is 25.2. The number of amides is 1. The maximum atomic E-state index is 13.6. The SMILES string of the molecule is CCOC(=O)c1c(C)c(C(=O)C(=O)CC2(c3cn[nH]n3)CC(F)(F)C2)cn1C.Cc1c(C(=O)C(=O)NC2(c3cn[nH]n3)CC(F)(F)C2)cn(C)c1C(=O)O.[Li+].[OH-]. The first kappa shape index (κ1) is 44.9. The summed E-state index contributed by atoms with van der Waals surface area (Å²) in [5.74, 6) is -11.5. The number of aromatic nitrogens is 8. The van der Waals surface area contributed by atoms with Crippen LogP contribution in [0.1, 0.15) is 103 Å². The van der Waals surface area contributed by atoms with Crippen LogP contribution in [0.15, 0.2) is 24.8 Å². The van der Waals surface area contributed by atoms with Crippen LogP contribution in [0.25, 0.3) is 0 Å². The number of alkyl halides is 4. The minimum absolute atomic E-state index is 0. The van der Waals surface area contributed by atoms with Gasteiger partial charge in [-0.1, -0.05) is 0 Å². The quantitative estimate of drug-likeness (QED) is 0.0475. The number of H-pyrrole nitrogens is 2. The number of aryl methyl sites for hydroxylation is 2. The van der Waals surface area contributed by atoms with E-state index in [9.17, 15) is 46.3 Å². The van der Waals surface area contributed by atoms with Crippen molar-refractivity contribution in [2.75, 3.05) is 6.61 Å². The summed E-state index contributed by atoms with van der Waals surface area (Å²) < 4.78 is 61.6. The van der Waals surface area contributed by atoms with Crippen molar-refractivity contribution in [2.24, 2.45) is 14.1 Å². The first-order valence-electron chi connectivity index (χ1n) is 16.3. The van der Waals surface area contributed by atoms with Gasteiger partial charge in [-0.3, -0.25) is 19.2 Å². The fraction of sp³-hybridized carbons (Fsp3) is 0.455. The molecule has 0 aliphatic heterocycles. The molecule has 56 heavy (non-hydrogen) atoms. The van der Waals surface area contributed by atoms with E-state index >= 15 is 0 Å². The molecule has 0 unspecified atom stereocenters. The van der Waals surface area contributed by atoms with Gasteiger partial charge in [0.25, 0.3) is 17.6 Å². The molecule has 0 saturated heterocycles. The average molecular weight is 786 g/mol. The van der Waals surface area contributed by atoms with Crippen LogP contribution in [0.2, 0.25) is 0 Å². The molecule has 1 amide bonds. The Labute approximate surface area is 326 Å². The molecule has 0 radical (unpaired) electrons. The van der Waals surface area contributed by atoms with Crippen molar-refractivity contribution in [1.82, 2.24) is 45.3 Å². The molecule has 4 aromatic heterocycles. The summed E-state index contributed by atoms with van der Waals surface area (Å²) in [6.45, 7) is 4.76. The van der Waals surface area contributed by atoms with Gasteiger partial charge in [-0.15, -0.1) is 0 Å². The van der Waals surface area contributed by atoms with Crippen molar-refractivity contribution in [3.8, 4) is 0 Å². The Hall–Kier alpha value is -5.46. The molecule has 6 rings (SSSR count). The van der Waals surface area contributed by atoms with E-state index in [4.69, 9.17) is 9.84 Å². The third-order valence-electron chi connectivity index (χ3n) is 9.52. The van der Waals surface area contributed by atoms with E-state index in [2.05, 4.69) is 36.1 Å². The number of carbonyl (C=O) groups is 6. The summed E-state index contributed by atoms with van der Waals surface area (Å²) >= 11 is 0. The predicted molar refractivity (Wildman–Crippen MR) is 176 cm³/mol. The summed E-state index contributed by atoms with van der Waals surface area (Å²) in [6.07, 6.45) is 2.12. The Morgan fingerprint density at radius 3 is 1.75 bits per heavy atom. The van der Waals surface area contributed by atoms with Gasteiger partial charge in [-0.05, 0) is 31.9 Å². The van der Waals surface area contributed by atoms with Gasteiger partial charge in [0.1, 0.15) is 17.1 Å². The first-order valence-corrected chi connectivity index (χ1v) is 16.3. The molecule has 2 aliphatic carbocycles. The summed E-state index contributed by atoms with van der Waals surface area (Å²) in [4.78, 5) is 73.5. The van der Waals surface area contributed by atoms with Crippen LogP contribution in [0.3, 0.4) is 0 Å². The van der Waals surface area contributed by atoms with E-state index in [1.54, 1.807) is 14.0 Å². The second-order valence-electron chi connectivity index (χ2n) is 13.5. The zero-order valence-electron chi connectivity index (χ0n) is 31.0. The van der Waals surface area contributed by atoms with Crippen molar-refractivity contribution in [1.29, 1.82) is 0 Å². The van der Waals surface area contributed by atoms with Gasteiger partial charge in [0, 0.05) is 75.1 Å². The summed E-state index contributed by atoms with van der Waals surface area (Å²) in [6, 6.07) is 0. The van der Waals surface area contributed by atoms with Crippen LogP contribution >= 0.6 is 0 Å². The second kappa shape index (κ2) is 16.3. The Morgan fingerprint density at radius 1 is 0.821 bits per heavy atom. The summed E-state index contributed by atoms with van der Waals surface area (Å²) in [5, 5.41) is 30.9. The topological polar surface area (TPSA) is 267 Å². The number of carboxylic acid groups (broad SMARTS) is 1. The maximum Gasteiger partial charge on any atom is 1.00 e. The third kappa shape index (κ3) is 8.51. The van der Waals surface area contributed by atoms with Crippen LogP contribution in [0.4, 0.5) is 17.6 Å². The summed E-state index contributed by atoms with van der Waals surface area (Å²) in [7, 11) is 2.98. The van der Waals surface area contributed by atoms with Crippen molar-refractivity contribution < 1.29 is 80.5 Å². The van der Waals surface area contributed by atoms with Crippen molar-refractivity contribution in [3.63, 3.8) is 0 Å². The molecule has 4 heterocycles. The molecule has 23 heteroatoms. The van der Waals surface area contributed by atoms with Crippen LogP contribution in [-0.4, -0.2) is 104 Å². The number of hydrogen-bond acceptors (Lipinski definition) is 12. The molecule has 2 fully saturated rings. The molecule has 0 aromatic carbocycles. The molecule has 18 nitrogen and oxygen atoms in total. The molecule has 296 valence electrons. The number of halogens is 4. The number of aromatic carboxylic acids is 1. The monoisotopic (exact) mass is 785 g/mol. The summed E-state index contributed by atoms with van der Waals surface area (Å²) in [5.41, 5.74) is -1.99. The molecule has 2 aliphatic rings. The number of Topliss-reactive ketones (excluding diaryl/α,β-unsaturated/α-hetero) is 3. The number of esters is 1. The molecule has 4 aromatic rings. The second-order valence-corrected chi connectivity index (χ2v) is 13.5. The molecule has 2 saturated carbocycles. The predicted octanol–water partition coefficient (Wildman–Crippen LogP) is -0.262. The Kier molecular flexibility index (Phi) is 13.1. The maximum absolute atomic E-state index is 13.6. The largest absolute Gasteiger partial charge is 1.00 e. The van der Waals surface area contributed by atoms with E-state index in [1.807, 2.05) is 0 Å². The van der Waals surface area contributed by atoms with Crippen LogP contribution in [-0.2, 0) is 39.4 Å². The van der Waals surface area contributed by atoms with E-state index < -0.39 is 90.1 Å². The number of carbonyl (C=O) groups excluding carboxylic acids is 5. The smallest absolute Gasteiger partial charge is 0.870 e. The van der Waals surface area contributed by atoms with Gasteiger partial charge in [-0.2, -0.15) is 30.8 Å². The zero-order chi connectivity index (χ0) is 40.0. The van der Waals surface area contributed by atoms with Crippen LogP contribution in [0.5, 0.6) is 0 Å². The number of carboxylic acids is 1. The van der Waals surface area contributed by atoms with Gasteiger partial charge < -0.3 is 29.8 Å². The number of rotatable bonds is 12. The van der Waals surface area contributed by atoms with Crippen LogP contribution < -0.4 is 24.2 Å². The van der Waals surface area contributed by atoms with E-state index in [1.165, 1.54) is 54.8 Å². The molecule has 0 bridgehead atoms. The fourth-order valence-corrected chi connectivity index (χ4v) is 7.08. The normalized spacial score (nSPS) is 16.6. The molecule has 0 atom stereocenters. The van der Waals surface area contributed by atoms with Crippen molar-refractivity contribution in [2.45, 2.75) is 75.7 Å². The van der Waals surface area contributed by atoms with Gasteiger partial charge in [0.05, 0.1) is 30.2 Å².